The number of aliphatic hydroxyl groups excluding tert-OH is 1. The number of nitrogens with zero attached hydrogens (tertiary/aromatic N) is 4. The largest absolute Gasteiger partial charge is 0.389 e. The number of hydrogen-bond acceptors (Lipinski definition) is 6. The highest BCUT2D eigenvalue weighted by Gasteiger charge is 2.32. The number of fused-ring (bicyclic) bond motifs is 1. The van der Waals surface area contributed by atoms with Gasteiger partial charge in [-0.1, -0.05) is 39.8 Å². The maximum Gasteiger partial charge on any atom is 0.337 e. The van der Waals surface area contributed by atoms with Crippen LogP contribution in [0.5, 0.6) is 0 Å². The molecule has 1 saturated heterocycles. The number of pyridine rings is 1. The summed E-state index contributed by atoms with van der Waals surface area (Å²) in [6.07, 6.45) is 6.59. The summed E-state index contributed by atoms with van der Waals surface area (Å²) in [4.78, 5) is 43.2. The Labute approximate surface area is 245 Å². The van der Waals surface area contributed by atoms with Gasteiger partial charge in [-0.3, -0.25) is 18.7 Å². The second-order valence-electron chi connectivity index (χ2n) is 10.6. The zero-order chi connectivity index (χ0) is 30.9. The molecular formula is C32H42FN5O4. The van der Waals surface area contributed by atoms with Crippen molar-refractivity contribution in [1.82, 2.24) is 18.6 Å². The highest BCUT2D eigenvalue weighted by molar-refractivity contribution is 5.92. The summed E-state index contributed by atoms with van der Waals surface area (Å²) in [7, 11) is 1.50. The van der Waals surface area contributed by atoms with Gasteiger partial charge in [-0.2, -0.15) is 0 Å². The molecule has 2 fully saturated rings. The number of allylic oxidation sites excluding steroid dienone is 3. The summed E-state index contributed by atoms with van der Waals surface area (Å²) in [5.41, 5.74) is 1.61. The first-order chi connectivity index (χ1) is 20.2. The molecule has 226 valence electrons. The van der Waals surface area contributed by atoms with Crippen molar-refractivity contribution in [3.05, 3.63) is 89.9 Å². The van der Waals surface area contributed by atoms with Crippen LogP contribution in [-0.2, 0) is 7.05 Å². The van der Waals surface area contributed by atoms with Crippen LogP contribution in [0.3, 0.4) is 0 Å². The molecule has 10 heteroatoms. The normalized spacial score (nSPS) is 16.5. The number of halogens is 1. The maximum absolute atomic E-state index is 15.3. The van der Waals surface area contributed by atoms with E-state index < -0.39 is 22.6 Å². The standard InChI is InChI=1S/C28H30FN5O4.2C2H6/c1-15-7-10-22(21(29)11-15)34-25-23(27(37)33(28(34)38)18-8-9-18)24(16(2)26(36)31(25)3)30-17-5-4-6-19(12-17)32-13-20(35)14-32;2*1-2/h5,7,10-12,18,20,30,35H,4,6,8-9,13-14H2,1-3H3;2*1-2H3. The molecule has 2 N–H and O–H groups in total. The van der Waals surface area contributed by atoms with Crippen LogP contribution in [0, 0.1) is 19.7 Å². The van der Waals surface area contributed by atoms with Crippen molar-refractivity contribution < 1.29 is 9.50 Å². The van der Waals surface area contributed by atoms with Crippen LogP contribution in [-0.4, -0.2) is 42.9 Å². The fourth-order valence-electron chi connectivity index (χ4n) is 5.47. The summed E-state index contributed by atoms with van der Waals surface area (Å²) in [6.45, 7) is 12.5. The molecule has 0 amide bonds. The number of anilines is 1. The number of nitrogens with one attached hydrogen (secondary N) is 1. The van der Waals surface area contributed by atoms with E-state index in [1.54, 1.807) is 19.9 Å². The van der Waals surface area contributed by atoms with Gasteiger partial charge in [-0.05, 0) is 63.3 Å². The molecule has 42 heavy (non-hydrogen) atoms. The first kappa shape index (κ1) is 31.0. The van der Waals surface area contributed by atoms with E-state index in [1.807, 2.05) is 39.8 Å². The first-order valence-corrected chi connectivity index (χ1v) is 14.9. The van der Waals surface area contributed by atoms with E-state index in [1.165, 1.54) is 28.3 Å². The van der Waals surface area contributed by atoms with E-state index >= 15 is 4.39 Å². The Bertz CT molecular complexity index is 1740. The number of aryl methyl sites for hydroxylation is 2. The third kappa shape index (κ3) is 5.47. The Hall–Kier alpha value is -3.92. The molecule has 0 spiro atoms. The second kappa shape index (κ2) is 12.5. The lowest BCUT2D eigenvalue weighted by atomic mass is 10.0. The van der Waals surface area contributed by atoms with E-state index in [9.17, 15) is 19.5 Å². The molecule has 3 aliphatic rings. The molecule has 1 aliphatic heterocycles. The zero-order valence-corrected chi connectivity index (χ0v) is 25.6. The quantitative estimate of drug-likeness (QED) is 0.457. The van der Waals surface area contributed by atoms with Gasteiger partial charge in [0.2, 0.25) is 0 Å². The number of β-amino-alcohol motifs (C(OH)–C–C–N with tert-alkyl or cyclic N) is 1. The highest BCUT2D eigenvalue weighted by atomic mass is 19.1. The van der Waals surface area contributed by atoms with E-state index in [-0.39, 0.29) is 28.9 Å². The lowest BCUT2D eigenvalue weighted by molar-refractivity contribution is 0.0223. The van der Waals surface area contributed by atoms with Crippen molar-refractivity contribution in [3.8, 4) is 5.69 Å². The number of aromatic nitrogens is 3. The number of aliphatic hydroxyl groups is 1. The predicted octanol–water partition coefficient (Wildman–Crippen LogP) is 4.64. The van der Waals surface area contributed by atoms with Gasteiger partial charge in [0.25, 0.3) is 11.1 Å². The molecule has 3 aromatic rings. The molecule has 6 rings (SSSR count). The third-order valence-corrected chi connectivity index (χ3v) is 7.71. The molecule has 9 nitrogen and oxygen atoms in total. The molecule has 2 aliphatic carbocycles. The fraction of sp³-hybridized carbons (Fsp3) is 0.469. The average Bonchev–Trinajstić information content (AvgIpc) is 3.81. The predicted molar refractivity (Wildman–Crippen MR) is 166 cm³/mol. The van der Waals surface area contributed by atoms with E-state index in [2.05, 4.69) is 10.2 Å². The molecule has 1 aromatic carbocycles. The maximum atomic E-state index is 15.3. The van der Waals surface area contributed by atoms with Gasteiger partial charge >= 0.3 is 5.69 Å². The number of benzene rings is 1. The summed E-state index contributed by atoms with van der Waals surface area (Å²) in [5.74, 6) is -0.615. The Morgan fingerprint density at radius 2 is 1.67 bits per heavy atom. The molecule has 0 bridgehead atoms. The number of rotatable bonds is 5. The second-order valence-corrected chi connectivity index (χ2v) is 10.6. The smallest absolute Gasteiger partial charge is 0.337 e. The average molecular weight is 580 g/mol. The summed E-state index contributed by atoms with van der Waals surface area (Å²) < 4.78 is 18.9. The van der Waals surface area contributed by atoms with E-state index in [4.69, 9.17) is 0 Å². The van der Waals surface area contributed by atoms with Crippen LogP contribution >= 0.6 is 0 Å². The van der Waals surface area contributed by atoms with Crippen LogP contribution in [0.2, 0.25) is 0 Å². The van der Waals surface area contributed by atoms with Crippen molar-refractivity contribution in [1.29, 1.82) is 0 Å². The van der Waals surface area contributed by atoms with Gasteiger partial charge in [-0.25, -0.2) is 13.8 Å². The lowest BCUT2D eigenvalue weighted by Crippen LogP contribution is -2.49. The van der Waals surface area contributed by atoms with E-state index in [0.717, 1.165) is 28.8 Å². The van der Waals surface area contributed by atoms with Crippen LogP contribution in [0.15, 0.2) is 56.1 Å². The summed E-state index contributed by atoms with van der Waals surface area (Å²) in [6, 6.07) is 4.27. The summed E-state index contributed by atoms with van der Waals surface area (Å²) in [5, 5.41) is 13.2. The minimum atomic E-state index is -0.659. The van der Waals surface area contributed by atoms with Gasteiger partial charge in [0.15, 0.2) is 0 Å². The summed E-state index contributed by atoms with van der Waals surface area (Å²) >= 11 is 0. The monoisotopic (exact) mass is 579 g/mol. The van der Waals surface area contributed by atoms with Gasteiger partial charge < -0.3 is 15.3 Å². The van der Waals surface area contributed by atoms with Gasteiger partial charge in [0.1, 0.15) is 16.9 Å². The Morgan fingerprint density at radius 3 is 2.26 bits per heavy atom. The fourth-order valence-corrected chi connectivity index (χ4v) is 5.47. The van der Waals surface area contributed by atoms with E-state index in [0.29, 0.717) is 42.7 Å². The lowest BCUT2D eigenvalue weighted by Gasteiger charge is -2.40. The molecular weight excluding hydrogens is 537 g/mol. The minimum absolute atomic E-state index is 0.0137. The van der Waals surface area contributed by atoms with Crippen molar-refractivity contribution in [3.63, 3.8) is 0 Å². The number of likely N-dealkylation sites (tertiary alicyclic amines) is 1. The van der Waals surface area contributed by atoms with Gasteiger partial charge in [-0.15, -0.1) is 0 Å². The molecule has 0 radical (unpaired) electrons. The van der Waals surface area contributed by atoms with Crippen LogP contribution in [0.1, 0.15) is 70.5 Å². The zero-order valence-electron chi connectivity index (χ0n) is 25.6. The Morgan fingerprint density at radius 1 is 1.00 bits per heavy atom. The Kier molecular flexibility index (Phi) is 9.25. The van der Waals surface area contributed by atoms with Crippen molar-refractivity contribution >= 4 is 16.7 Å². The van der Waals surface area contributed by atoms with Crippen LogP contribution < -0.4 is 22.1 Å². The van der Waals surface area contributed by atoms with Crippen LogP contribution in [0.25, 0.3) is 16.7 Å². The molecule has 0 unspecified atom stereocenters. The Balaban J connectivity index is 0.000000972. The van der Waals surface area contributed by atoms with Crippen LogP contribution in [0.4, 0.5) is 10.1 Å². The minimum Gasteiger partial charge on any atom is -0.389 e. The number of hydrogen-bond donors (Lipinski definition) is 2. The molecule has 0 atom stereocenters. The van der Waals surface area contributed by atoms with Gasteiger partial charge in [0.05, 0.1) is 17.5 Å². The topological polar surface area (TPSA) is 102 Å². The van der Waals surface area contributed by atoms with Crippen molar-refractivity contribution in [2.75, 3.05) is 18.4 Å². The first-order valence-electron chi connectivity index (χ1n) is 14.9. The van der Waals surface area contributed by atoms with Crippen molar-refractivity contribution in [2.45, 2.75) is 79.4 Å². The molecule has 2 aromatic heterocycles. The third-order valence-electron chi connectivity index (χ3n) is 7.71. The molecule has 1 saturated carbocycles. The van der Waals surface area contributed by atoms with Crippen molar-refractivity contribution in [2.24, 2.45) is 7.05 Å². The SMILES string of the molecule is CC.CC.Cc1ccc(-n2c(=O)n(C3CC3)c(=O)c3c(NC4=CCCC(N5CC(O)C5)=C4)c(C)c(=O)n(C)c32)c(F)c1. The van der Waals surface area contributed by atoms with Gasteiger partial charge in [0, 0.05) is 43.1 Å². The highest BCUT2D eigenvalue weighted by Crippen LogP contribution is 2.34. The molecule has 3 heterocycles.